The molecule has 1 amide bonds. The number of nitrogens with one attached hydrogen (secondary N) is 1. The molecule has 0 radical (unpaired) electrons. The molecule has 1 aliphatic rings. The fourth-order valence-corrected chi connectivity index (χ4v) is 2.00. The van der Waals surface area contributed by atoms with Crippen LogP contribution in [0.25, 0.3) is 0 Å². The Bertz CT molecular complexity index is 294. The summed E-state index contributed by atoms with van der Waals surface area (Å²) >= 11 is 0. The maximum Gasteiger partial charge on any atom is 0.332 e. The Hall–Kier alpha value is -1.14. The molecule has 0 spiro atoms. The van der Waals surface area contributed by atoms with E-state index >= 15 is 0 Å². The predicted molar refractivity (Wildman–Crippen MR) is 64.0 cm³/mol. The first-order chi connectivity index (χ1) is 8.58. The first-order valence-electron chi connectivity index (χ1n) is 6.35. The van der Waals surface area contributed by atoms with Crippen molar-refractivity contribution in [1.82, 2.24) is 5.32 Å². The van der Waals surface area contributed by atoms with Crippen molar-refractivity contribution in [3.05, 3.63) is 0 Å². The molecular weight excluding hydrogens is 238 g/mol. The number of carboxylic acids is 1. The summed E-state index contributed by atoms with van der Waals surface area (Å²) in [6, 6.07) is 0. The highest BCUT2D eigenvalue weighted by Gasteiger charge is 2.34. The summed E-state index contributed by atoms with van der Waals surface area (Å²) < 4.78 is 5.15. The Morgan fingerprint density at radius 1 is 1.39 bits per heavy atom. The number of ether oxygens (including phenoxy) is 1. The highest BCUT2D eigenvalue weighted by molar-refractivity contribution is 5.82. The molecule has 3 atom stereocenters. The average molecular weight is 259 g/mol. The van der Waals surface area contributed by atoms with Gasteiger partial charge in [-0.1, -0.05) is 13.3 Å². The highest BCUT2D eigenvalue weighted by atomic mass is 16.5. The van der Waals surface area contributed by atoms with Crippen molar-refractivity contribution in [2.45, 2.75) is 44.8 Å². The van der Waals surface area contributed by atoms with Crippen LogP contribution < -0.4 is 5.32 Å². The second kappa shape index (κ2) is 7.33. The molecule has 1 rings (SSSR count). The van der Waals surface area contributed by atoms with Gasteiger partial charge in [-0.05, 0) is 25.2 Å². The molecule has 6 heteroatoms. The van der Waals surface area contributed by atoms with E-state index in [2.05, 4.69) is 5.32 Å². The molecule has 1 heterocycles. The smallest absolute Gasteiger partial charge is 0.332 e. The molecule has 6 nitrogen and oxygen atoms in total. The summed E-state index contributed by atoms with van der Waals surface area (Å²) in [7, 11) is 0. The number of carboxylic acid groups (broad SMARTS) is 1. The van der Waals surface area contributed by atoms with Crippen LogP contribution in [0.15, 0.2) is 0 Å². The van der Waals surface area contributed by atoms with Crippen molar-refractivity contribution in [2.75, 3.05) is 13.2 Å². The molecule has 104 valence electrons. The third-order valence-corrected chi connectivity index (χ3v) is 3.27. The Morgan fingerprint density at radius 2 is 2.06 bits per heavy atom. The van der Waals surface area contributed by atoms with Crippen LogP contribution in [0.1, 0.15) is 32.6 Å². The summed E-state index contributed by atoms with van der Waals surface area (Å²) in [4.78, 5) is 22.4. The average Bonchev–Trinajstić information content (AvgIpc) is 2.83. The van der Waals surface area contributed by atoms with Crippen LogP contribution in [0.4, 0.5) is 0 Å². The van der Waals surface area contributed by atoms with Crippen molar-refractivity contribution in [2.24, 2.45) is 5.92 Å². The second-order valence-corrected chi connectivity index (χ2v) is 4.56. The summed E-state index contributed by atoms with van der Waals surface area (Å²) in [6.45, 7) is 2.60. The lowest BCUT2D eigenvalue weighted by atomic mass is 10.0. The topological polar surface area (TPSA) is 95.9 Å². The van der Waals surface area contributed by atoms with E-state index in [1.807, 2.05) is 6.92 Å². The fraction of sp³-hybridized carbons (Fsp3) is 0.833. The maximum absolute atomic E-state index is 11.7. The number of rotatable bonds is 7. The quantitative estimate of drug-likeness (QED) is 0.604. The van der Waals surface area contributed by atoms with Gasteiger partial charge in [-0.2, -0.15) is 0 Å². The van der Waals surface area contributed by atoms with E-state index in [0.717, 1.165) is 6.42 Å². The fourth-order valence-electron chi connectivity index (χ4n) is 2.00. The standard InChI is InChI=1S/C12H21NO5/c1-2-8(5-6-14)7-13-11(15)9-3-4-10(18-9)12(16)17/h8-10,14H,2-7H2,1H3,(H,13,15)(H,16,17)/t8?,9-,10+/m0/s1. The first-order valence-corrected chi connectivity index (χ1v) is 6.35. The van der Waals surface area contributed by atoms with E-state index < -0.39 is 18.2 Å². The van der Waals surface area contributed by atoms with Crippen LogP contribution in [0.2, 0.25) is 0 Å². The molecule has 0 aromatic carbocycles. The molecular formula is C12H21NO5. The molecule has 1 fully saturated rings. The van der Waals surface area contributed by atoms with E-state index in [1.54, 1.807) is 0 Å². The third kappa shape index (κ3) is 4.27. The van der Waals surface area contributed by atoms with Crippen LogP contribution in [0.5, 0.6) is 0 Å². The monoisotopic (exact) mass is 259 g/mol. The van der Waals surface area contributed by atoms with Crippen molar-refractivity contribution in [3.63, 3.8) is 0 Å². The van der Waals surface area contributed by atoms with Crippen molar-refractivity contribution >= 4 is 11.9 Å². The molecule has 1 aliphatic heterocycles. The molecule has 18 heavy (non-hydrogen) atoms. The van der Waals surface area contributed by atoms with E-state index in [9.17, 15) is 9.59 Å². The van der Waals surface area contributed by atoms with Gasteiger partial charge in [-0.3, -0.25) is 4.79 Å². The zero-order valence-corrected chi connectivity index (χ0v) is 10.6. The van der Waals surface area contributed by atoms with Crippen molar-refractivity contribution < 1.29 is 24.5 Å². The molecule has 0 aromatic rings. The number of carbonyl (C=O) groups excluding carboxylic acids is 1. The number of amides is 1. The Labute approximate surface area is 106 Å². The number of carbonyl (C=O) groups is 2. The Morgan fingerprint density at radius 3 is 2.56 bits per heavy atom. The number of aliphatic carboxylic acids is 1. The minimum absolute atomic E-state index is 0.107. The van der Waals surface area contributed by atoms with E-state index in [0.29, 0.717) is 25.8 Å². The SMILES string of the molecule is CCC(CCO)CNC(=O)[C@@H]1CC[C@H](C(=O)O)O1. The normalized spacial score (nSPS) is 24.8. The van der Waals surface area contributed by atoms with Gasteiger partial charge in [0.25, 0.3) is 0 Å². The summed E-state index contributed by atoms with van der Waals surface area (Å²) in [5, 5.41) is 20.3. The van der Waals surface area contributed by atoms with E-state index in [-0.39, 0.29) is 18.4 Å². The Balaban J connectivity index is 2.31. The van der Waals surface area contributed by atoms with Gasteiger partial charge in [0, 0.05) is 13.2 Å². The third-order valence-electron chi connectivity index (χ3n) is 3.27. The minimum Gasteiger partial charge on any atom is -0.479 e. The predicted octanol–water partition coefficient (Wildman–Crippen LogP) is 0.143. The molecule has 0 aliphatic carbocycles. The lowest BCUT2D eigenvalue weighted by molar-refractivity contribution is -0.151. The number of hydrogen-bond donors (Lipinski definition) is 3. The lowest BCUT2D eigenvalue weighted by Gasteiger charge is -2.16. The lowest BCUT2D eigenvalue weighted by Crippen LogP contribution is -2.38. The molecule has 1 unspecified atom stereocenters. The zero-order chi connectivity index (χ0) is 13.5. The second-order valence-electron chi connectivity index (χ2n) is 4.56. The van der Waals surface area contributed by atoms with Crippen LogP contribution >= 0.6 is 0 Å². The first kappa shape index (κ1) is 14.9. The van der Waals surface area contributed by atoms with Crippen LogP contribution in [0, 0.1) is 5.92 Å². The van der Waals surface area contributed by atoms with E-state index in [4.69, 9.17) is 14.9 Å². The van der Waals surface area contributed by atoms with Gasteiger partial charge in [-0.25, -0.2) is 4.79 Å². The van der Waals surface area contributed by atoms with Gasteiger partial charge < -0.3 is 20.3 Å². The minimum atomic E-state index is -1.02. The van der Waals surface area contributed by atoms with Crippen LogP contribution in [-0.2, 0) is 14.3 Å². The largest absolute Gasteiger partial charge is 0.479 e. The molecule has 0 saturated carbocycles. The van der Waals surface area contributed by atoms with Crippen molar-refractivity contribution in [1.29, 1.82) is 0 Å². The van der Waals surface area contributed by atoms with Crippen molar-refractivity contribution in [3.8, 4) is 0 Å². The van der Waals surface area contributed by atoms with Gasteiger partial charge in [0.15, 0.2) is 6.10 Å². The van der Waals surface area contributed by atoms with Gasteiger partial charge in [0.1, 0.15) is 6.10 Å². The molecule has 3 N–H and O–H groups in total. The number of hydrogen-bond acceptors (Lipinski definition) is 4. The summed E-state index contributed by atoms with van der Waals surface area (Å²) in [6.07, 6.45) is 0.836. The van der Waals surface area contributed by atoms with Gasteiger partial charge in [0.05, 0.1) is 0 Å². The van der Waals surface area contributed by atoms with Crippen LogP contribution in [-0.4, -0.2) is 47.4 Å². The molecule has 0 aromatic heterocycles. The maximum atomic E-state index is 11.7. The van der Waals surface area contributed by atoms with E-state index in [1.165, 1.54) is 0 Å². The van der Waals surface area contributed by atoms with Gasteiger partial charge in [0.2, 0.25) is 5.91 Å². The zero-order valence-electron chi connectivity index (χ0n) is 10.6. The van der Waals surface area contributed by atoms with Gasteiger partial charge >= 0.3 is 5.97 Å². The highest BCUT2D eigenvalue weighted by Crippen LogP contribution is 2.20. The Kier molecular flexibility index (Phi) is 6.07. The van der Waals surface area contributed by atoms with Gasteiger partial charge in [-0.15, -0.1) is 0 Å². The molecule has 0 bridgehead atoms. The summed E-state index contributed by atoms with van der Waals surface area (Å²) in [5.74, 6) is -1.03. The molecule has 1 saturated heterocycles. The van der Waals surface area contributed by atoms with Crippen LogP contribution in [0.3, 0.4) is 0 Å². The number of aliphatic hydroxyl groups excluding tert-OH is 1. The summed E-state index contributed by atoms with van der Waals surface area (Å²) in [5.41, 5.74) is 0. The number of aliphatic hydroxyl groups is 1.